The van der Waals surface area contributed by atoms with Crippen molar-refractivity contribution in [1.82, 2.24) is 9.97 Å². The Hall–Kier alpha value is -0.480. The van der Waals surface area contributed by atoms with Crippen LogP contribution >= 0.6 is 23.4 Å². The molecule has 1 saturated heterocycles. The molecule has 104 valence electrons. The van der Waals surface area contributed by atoms with Gasteiger partial charge in [-0.25, -0.2) is 9.97 Å². The molecule has 1 aliphatic heterocycles. The van der Waals surface area contributed by atoms with Crippen LogP contribution in [0, 0.1) is 5.41 Å². The number of halogens is 1. The molecule has 0 amide bonds. The Balaban J connectivity index is 1.72. The van der Waals surface area contributed by atoms with Crippen LogP contribution in [0.25, 0.3) is 0 Å². The fourth-order valence-electron chi connectivity index (χ4n) is 3.47. The van der Waals surface area contributed by atoms with Crippen LogP contribution in [0.2, 0.25) is 5.15 Å². The quantitative estimate of drug-likeness (QED) is 0.468. The molecule has 3 nitrogen and oxygen atoms in total. The van der Waals surface area contributed by atoms with Gasteiger partial charge in [-0.15, -0.1) is 0 Å². The summed E-state index contributed by atoms with van der Waals surface area (Å²) >= 11 is 7.62. The Kier molecular flexibility index (Phi) is 3.90. The van der Waals surface area contributed by atoms with E-state index in [0.29, 0.717) is 10.6 Å². The predicted octanol–water partition coefficient (Wildman–Crippen LogP) is 4.01. The first-order valence-electron chi connectivity index (χ1n) is 7.04. The molecule has 0 N–H and O–H groups in total. The van der Waals surface area contributed by atoms with Gasteiger partial charge in [0.2, 0.25) is 0 Å². The lowest BCUT2D eigenvalue weighted by Crippen LogP contribution is -2.39. The molecule has 0 radical (unpaired) electrons. The van der Waals surface area contributed by atoms with Crippen LogP contribution in [0.4, 0.5) is 5.82 Å². The van der Waals surface area contributed by atoms with Gasteiger partial charge in [0, 0.05) is 19.2 Å². The third-order valence-electron chi connectivity index (χ3n) is 4.66. The van der Waals surface area contributed by atoms with Crippen LogP contribution < -0.4 is 4.90 Å². The Morgan fingerprint density at radius 1 is 1.16 bits per heavy atom. The van der Waals surface area contributed by atoms with E-state index in [1.54, 1.807) is 11.8 Å². The van der Waals surface area contributed by atoms with Gasteiger partial charge in [0.1, 0.15) is 11.0 Å². The smallest absolute Gasteiger partial charge is 0.190 e. The number of nitrogens with zero attached hydrogens (tertiary/aromatic N) is 3. The molecule has 0 bridgehead atoms. The second-order valence-corrected chi connectivity index (χ2v) is 6.89. The maximum atomic E-state index is 6.08. The summed E-state index contributed by atoms with van der Waals surface area (Å²) in [5.74, 6) is 0.997. The second-order valence-electron chi connectivity index (χ2n) is 5.73. The van der Waals surface area contributed by atoms with Gasteiger partial charge in [-0.05, 0) is 37.4 Å². The van der Waals surface area contributed by atoms with Crippen molar-refractivity contribution in [2.24, 2.45) is 5.41 Å². The Morgan fingerprint density at radius 2 is 1.84 bits per heavy atom. The SMILES string of the molecule is CSc1nc(Cl)cc(N2CCC3(CCCC3)CC2)n1. The number of thioether (sulfide) groups is 1. The van der Waals surface area contributed by atoms with Crippen LogP contribution in [-0.4, -0.2) is 29.3 Å². The zero-order valence-electron chi connectivity index (χ0n) is 11.4. The predicted molar refractivity (Wildman–Crippen MR) is 81.2 cm³/mol. The molecule has 5 heteroatoms. The van der Waals surface area contributed by atoms with Gasteiger partial charge in [0.05, 0.1) is 0 Å². The molecular formula is C14H20ClN3S. The van der Waals surface area contributed by atoms with E-state index in [1.807, 2.05) is 12.3 Å². The largest absolute Gasteiger partial charge is 0.356 e. The lowest BCUT2D eigenvalue weighted by atomic mass is 9.77. The van der Waals surface area contributed by atoms with E-state index in [0.717, 1.165) is 24.1 Å². The summed E-state index contributed by atoms with van der Waals surface area (Å²) in [5, 5.41) is 1.32. The molecule has 2 fully saturated rings. The summed E-state index contributed by atoms with van der Waals surface area (Å²) in [6.07, 6.45) is 10.3. The highest BCUT2D eigenvalue weighted by molar-refractivity contribution is 7.98. The minimum Gasteiger partial charge on any atom is -0.356 e. The second kappa shape index (κ2) is 5.49. The van der Waals surface area contributed by atoms with E-state index in [9.17, 15) is 0 Å². The van der Waals surface area contributed by atoms with Gasteiger partial charge < -0.3 is 4.90 Å². The van der Waals surface area contributed by atoms with Crippen molar-refractivity contribution in [1.29, 1.82) is 0 Å². The van der Waals surface area contributed by atoms with Crippen LogP contribution in [0.15, 0.2) is 11.2 Å². The topological polar surface area (TPSA) is 29.0 Å². The van der Waals surface area contributed by atoms with Crippen LogP contribution in [0.5, 0.6) is 0 Å². The van der Waals surface area contributed by atoms with Crippen molar-refractivity contribution in [2.75, 3.05) is 24.2 Å². The molecule has 0 unspecified atom stereocenters. The lowest BCUT2D eigenvalue weighted by Gasteiger charge is -2.40. The van der Waals surface area contributed by atoms with Gasteiger partial charge in [-0.3, -0.25) is 0 Å². The number of piperidine rings is 1. The van der Waals surface area contributed by atoms with E-state index in [1.165, 1.54) is 38.5 Å². The molecule has 1 aromatic rings. The number of aromatic nitrogens is 2. The highest BCUT2D eigenvalue weighted by atomic mass is 35.5. The van der Waals surface area contributed by atoms with Gasteiger partial charge in [0.15, 0.2) is 5.16 Å². The molecule has 2 aliphatic rings. The van der Waals surface area contributed by atoms with Crippen LogP contribution in [-0.2, 0) is 0 Å². The first-order chi connectivity index (χ1) is 9.21. The van der Waals surface area contributed by atoms with E-state index in [2.05, 4.69) is 14.9 Å². The zero-order valence-corrected chi connectivity index (χ0v) is 12.9. The summed E-state index contributed by atoms with van der Waals surface area (Å²) in [6, 6.07) is 1.90. The summed E-state index contributed by atoms with van der Waals surface area (Å²) in [4.78, 5) is 11.2. The average molecular weight is 298 g/mol. The highest BCUT2D eigenvalue weighted by Crippen LogP contribution is 2.46. The molecule has 0 aromatic carbocycles. The first kappa shape index (κ1) is 13.5. The van der Waals surface area contributed by atoms with E-state index >= 15 is 0 Å². The molecule has 1 aliphatic carbocycles. The Bertz CT molecular complexity index is 450. The summed E-state index contributed by atoms with van der Waals surface area (Å²) in [5.41, 5.74) is 0.648. The Labute approximate surface area is 124 Å². The first-order valence-corrected chi connectivity index (χ1v) is 8.65. The molecule has 1 saturated carbocycles. The van der Waals surface area contributed by atoms with Gasteiger partial charge >= 0.3 is 0 Å². The van der Waals surface area contributed by atoms with Crippen molar-refractivity contribution in [3.05, 3.63) is 11.2 Å². The summed E-state index contributed by atoms with van der Waals surface area (Å²) in [6.45, 7) is 2.22. The summed E-state index contributed by atoms with van der Waals surface area (Å²) in [7, 11) is 0. The highest BCUT2D eigenvalue weighted by Gasteiger charge is 2.37. The van der Waals surface area contributed by atoms with Gasteiger partial charge in [-0.2, -0.15) is 0 Å². The van der Waals surface area contributed by atoms with Gasteiger partial charge in [-0.1, -0.05) is 36.2 Å². The van der Waals surface area contributed by atoms with E-state index in [4.69, 9.17) is 11.6 Å². The standard InChI is InChI=1S/C14H20ClN3S/c1-19-13-16-11(15)10-12(17-13)18-8-6-14(7-9-18)4-2-3-5-14/h10H,2-9H2,1H3. The molecular weight excluding hydrogens is 278 g/mol. The van der Waals surface area contributed by atoms with Crippen molar-refractivity contribution < 1.29 is 0 Å². The molecule has 19 heavy (non-hydrogen) atoms. The van der Waals surface area contributed by atoms with Crippen LogP contribution in [0.1, 0.15) is 38.5 Å². The van der Waals surface area contributed by atoms with Gasteiger partial charge in [0.25, 0.3) is 0 Å². The average Bonchev–Trinajstić information content (AvgIpc) is 2.87. The fourth-order valence-corrected chi connectivity index (χ4v) is 4.08. The molecule has 0 atom stereocenters. The lowest BCUT2D eigenvalue weighted by molar-refractivity contribution is 0.226. The van der Waals surface area contributed by atoms with Crippen LogP contribution in [0.3, 0.4) is 0 Å². The number of hydrogen-bond acceptors (Lipinski definition) is 4. The maximum absolute atomic E-state index is 6.08. The summed E-state index contributed by atoms with van der Waals surface area (Å²) < 4.78 is 0. The third kappa shape index (κ3) is 2.84. The van der Waals surface area contributed by atoms with E-state index in [-0.39, 0.29) is 0 Å². The molecule has 2 heterocycles. The van der Waals surface area contributed by atoms with Crippen molar-refractivity contribution >= 4 is 29.2 Å². The molecule has 1 spiro atoms. The minimum absolute atomic E-state index is 0.551. The monoisotopic (exact) mass is 297 g/mol. The fraction of sp³-hybridized carbons (Fsp3) is 0.714. The molecule has 1 aromatic heterocycles. The van der Waals surface area contributed by atoms with E-state index < -0.39 is 0 Å². The minimum atomic E-state index is 0.551. The number of hydrogen-bond donors (Lipinski definition) is 0. The zero-order chi connectivity index (χ0) is 13.3. The Morgan fingerprint density at radius 3 is 2.47 bits per heavy atom. The number of anilines is 1. The van der Waals surface area contributed by atoms with Crippen molar-refractivity contribution in [2.45, 2.75) is 43.7 Å². The number of rotatable bonds is 2. The van der Waals surface area contributed by atoms with Crippen molar-refractivity contribution in [3.8, 4) is 0 Å². The normalized spacial score (nSPS) is 22.1. The van der Waals surface area contributed by atoms with Crippen molar-refractivity contribution in [3.63, 3.8) is 0 Å². The molecule has 3 rings (SSSR count). The third-order valence-corrected chi connectivity index (χ3v) is 5.40. The maximum Gasteiger partial charge on any atom is 0.190 e.